The molecule has 0 N–H and O–H groups in total. The number of rotatable bonds is 3. The zero-order valence-electron chi connectivity index (χ0n) is 10.7. The zero-order valence-corrected chi connectivity index (χ0v) is 10.7. The number of benzene rings is 1. The molecule has 1 saturated carbocycles. The Morgan fingerprint density at radius 2 is 2.00 bits per heavy atom. The zero-order chi connectivity index (χ0) is 12.4. The lowest BCUT2D eigenvalue weighted by molar-refractivity contribution is -0.126. The van der Waals surface area contributed by atoms with Crippen LogP contribution in [0.1, 0.15) is 49.3 Å². The van der Waals surface area contributed by atoms with E-state index in [1.165, 1.54) is 24.0 Å². The number of carbonyl (C=O) groups is 1. The first-order valence-corrected chi connectivity index (χ1v) is 7.07. The van der Waals surface area contributed by atoms with E-state index < -0.39 is 0 Å². The maximum atomic E-state index is 12.2. The van der Waals surface area contributed by atoms with Crippen LogP contribution >= 0.6 is 0 Å². The number of fused-ring (bicyclic) bond motifs is 1. The summed E-state index contributed by atoms with van der Waals surface area (Å²) in [5.74, 6) is 0.719. The smallest absolute Gasteiger partial charge is 0.138 e. The molecular weight excluding hydrogens is 224 g/mol. The van der Waals surface area contributed by atoms with E-state index in [1.54, 1.807) is 0 Å². The summed E-state index contributed by atoms with van der Waals surface area (Å²) in [5, 5.41) is 0. The molecule has 2 aliphatic rings. The monoisotopic (exact) mass is 244 g/mol. The molecule has 2 nitrogen and oxygen atoms in total. The molecule has 0 bridgehead atoms. The second-order valence-electron chi connectivity index (χ2n) is 5.46. The SMILES string of the molecule is O=C(CC1OCCc2ccccc21)C1CCCC1. The molecule has 2 heteroatoms. The molecule has 1 unspecified atom stereocenters. The number of carbonyl (C=O) groups excluding carboxylic acids is 1. The quantitative estimate of drug-likeness (QED) is 0.814. The van der Waals surface area contributed by atoms with Crippen LogP contribution in [0.2, 0.25) is 0 Å². The fraction of sp³-hybridized carbons (Fsp3) is 0.562. The molecule has 18 heavy (non-hydrogen) atoms. The van der Waals surface area contributed by atoms with Crippen LogP contribution in [0.5, 0.6) is 0 Å². The third-order valence-electron chi connectivity index (χ3n) is 4.29. The molecule has 0 spiro atoms. The third-order valence-corrected chi connectivity index (χ3v) is 4.29. The molecule has 1 fully saturated rings. The number of Topliss-reactive ketones (excluding diaryl/α,β-unsaturated/α-hetero) is 1. The minimum atomic E-state index is 0.00282. The Morgan fingerprint density at radius 3 is 2.83 bits per heavy atom. The third kappa shape index (κ3) is 2.35. The minimum absolute atomic E-state index is 0.00282. The van der Waals surface area contributed by atoms with Gasteiger partial charge >= 0.3 is 0 Å². The molecule has 1 aliphatic carbocycles. The molecule has 0 saturated heterocycles. The van der Waals surface area contributed by atoms with Crippen LogP contribution in [0.4, 0.5) is 0 Å². The summed E-state index contributed by atoms with van der Waals surface area (Å²) in [6, 6.07) is 8.38. The van der Waals surface area contributed by atoms with Crippen molar-refractivity contribution in [2.75, 3.05) is 6.61 Å². The normalized spacial score (nSPS) is 23.9. The van der Waals surface area contributed by atoms with Crippen LogP contribution in [-0.4, -0.2) is 12.4 Å². The molecule has 0 amide bonds. The van der Waals surface area contributed by atoms with Crippen molar-refractivity contribution in [2.45, 2.75) is 44.6 Å². The standard InChI is InChI=1S/C16H20O2/c17-15(13-6-1-2-7-13)11-16-14-8-4-3-5-12(14)9-10-18-16/h3-5,8,13,16H,1-2,6-7,9-11H2. The molecular formula is C16H20O2. The van der Waals surface area contributed by atoms with Gasteiger partial charge in [0.05, 0.1) is 12.7 Å². The van der Waals surface area contributed by atoms with E-state index >= 15 is 0 Å². The Hall–Kier alpha value is -1.15. The number of ketones is 1. The number of hydrogen-bond donors (Lipinski definition) is 0. The first-order valence-electron chi connectivity index (χ1n) is 7.07. The van der Waals surface area contributed by atoms with Gasteiger partial charge in [-0.3, -0.25) is 4.79 Å². The first-order chi connectivity index (χ1) is 8.84. The van der Waals surface area contributed by atoms with Gasteiger partial charge in [-0.25, -0.2) is 0 Å². The summed E-state index contributed by atoms with van der Waals surface area (Å²) in [5.41, 5.74) is 2.59. The van der Waals surface area contributed by atoms with Gasteiger partial charge < -0.3 is 4.74 Å². The maximum Gasteiger partial charge on any atom is 0.138 e. The summed E-state index contributed by atoms with van der Waals surface area (Å²) in [4.78, 5) is 12.2. The number of hydrogen-bond acceptors (Lipinski definition) is 2. The predicted molar refractivity (Wildman–Crippen MR) is 70.4 cm³/mol. The molecule has 3 rings (SSSR count). The van der Waals surface area contributed by atoms with Crippen molar-refractivity contribution in [2.24, 2.45) is 5.92 Å². The summed E-state index contributed by atoms with van der Waals surface area (Å²) in [7, 11) is 0. The van der Waals surface area contributed by atoms with E-state index in [4.69, 9.17) is 4.74 Å². The highest BCUT2D eigenvalue weighted by atomic mass is 16.5. The van der Waals surface area contributed by atoms with Crippen molar-refractivity contribution in [3.63, 3.8) is 0 Å². The minimum Gasteiger partial charge on any atom is -0.373 e. The van der Waals surface area contributed by atoms with Gasteiger partial charge in [-0.15, -0.1) is 0 Å². The van der Waals surface area contributed by atoms with Crippen molar-refractivity contribution in [1.82, 2.24) is 0 Å². The lowest BCUT2D eigenvalue weighted by atomic mass is 9.91. The fourth-order valence-electron chi connectivity index (χ4n) is 3.24. The lowest BCUT2D eigenvalue weighted by Gasteiger charge is -2.26. The molecule has 1 heterocycles. The lowest BCUT2D eigenvalue weighted by Crippen LogP contribution is -2.21. The largest absolute Gasteiger partial charge is 0.373 e. The Bertz CT molecular complexity index is 432. The van der Waals surface area contributed by atoms with Crippen LogP contribution < -0.4 is 0 Å². The van der Waals surface area contributed by atoms with Crippen molar-refractivity contribution < 1.29 is 9.53 Å². The molecule has 1 aromatic rings. The summed E-state index contributed by atoms with van der Waals surface area (Å²) in [6.07, 6.45) is 6.17. The highest BCUT2D eigenvalue weighted by Crippen LogP contribution is 2.33. The van der Waals surface area contributed by atoms with Gasteiger partial charge in [0.15, 0.2) is 0 Å². The molecule has 0 radical (unpaired) electrons. The van der Waals surface area contributed by atoms with E-state index in [0.717, 1.165) is 25.9 Å². The van der Waals surface area contributed by atoms with Gasteiger partial charge in [0.2, 0.25) is 0 Å². The van der Waals surface area contributed by atoms with Gasteiger partial charge in [0.1, 0.15) is 5.78 Å². The van der Waals surface area contributed by atoms with E-state index in [2.05, 4.69) is 18.2 Å². The Kier molecular flexibility index (Phi) is 3.46. The predicted octanol–water partition coefficient (Wildman–Crippen LogP) is 3.45. The van der Waals surface area contributed by atoms with Crippen LogP contribution in [0.3, 0.4) is 0 Å². The Morgan fingerprint density at radius 1 is 1.22 bits per heavy atom. The summed E-state index contributed by atoms with van der Waals surface area (Å²) < 4.78 is 5.81. The van der Waals surface area contributed by atoms with Crippen molar-refractivity contribution in [1.29, 1.82) is 0 Å². The van der Waals surface area contributed by atoms with Crippen molar-refractivity contribution in [3.05, 3.63) is 35.4 Å². The van der Waals surface area contributed by atoms with Crippen molar-refractivity contribution in [3.8, 4) is 0 Å². The van der Waals surface area contributed by atoms with Gasteiger partial charge in [-0.2, -0.15) is 0 Å². The average Bonchev–Trinajstić information content (AvgIpc) is 2.93. The van der Waals surface area contributed by atoms with E-state index in [0.29, 0.717) is 18.1 Å². The summed E-state index contributed by atoms with van der Waals surface area (Å²) in [6.45, 7) is 0.750. The van der Waals surface area contributed by atoms with E-state index in [9.17, 15) is 4.79 Å². The van der Waals surface area contributed by atoms with Gasteiger partial charge in [0.25, 0.3) is 0 Å². The first kappa shape index (κ1) is 11.9. The van der Waals surface area contributed by atoms with Crippen molar-refractivity contribution >= 4 is 5.78 Å². The fourth-order valence-corrected chi connectivity index (χ4v) is 3.24. The van der Waals surface area contributed by atoms with Gasteiger partial charge in [-0.05, 0) is 30.4 Å². The van der Waals surface area contributed by atoms with E-state index in [1.807, 2.05) is 6.07 Å². The van der Waals surface area contributed by atoms with Crippen LogP contribution in [0, 0.1) is 5.92 Å². The van der Waals surface area contributed by atoms with E-state index in [-0.39, 0.29) is 6.10 Å². The molecule has 1 aromatic carbocycles. The Balaban J connectivity index is 1.72. The topological polar surface area (TPSA) is 26.3 Å². The molecule has 0 aromatic heterocycles. The van der Waals surface area contributed by atoms with Crippen LogP contribution in [-0.2, 0) is 16.0 Å². The molecule has 1 atom stereocenters. The van der Waals surface area contributed by atoms with Crippen LogP contribution in [0.25, 0.3) is 0 Å². The second kappa shape index (κ2) is 5.23. The summed E-state index contributed by atoms with van der Waals surface area (Å²) >= 11 is 0. The highest BCUT2D eigenvalue weighted by Gasteiger charge is 2.28. The maximum absolute atomic E-state index is 12.2. The molecule has 96 valence electrons. The van der Waals surface area contributed by atoms with Gasteiger partial charge in [0, 0.05) is 12.3 Å². The number of ether oxygens (including phenoxy) is 1. The average molecular weight is 244 g/mol. The van der Waals surface area contributed by atoms with Gasteiger partial charge in [-0.1, -0.05) is 37.1 Å². The molecule has 1 aliphatic heterocycles. The van der Waals surface area contributed by atoms with Crippen LogP contribution in [0.15, 0.2) is 24.3 Å². The second-order valence-corrected chi connectivity index (χ2v) is 5.46. The Labute approximate surface area is 108 Å². The highest BCUT2D eigenvalue weighted by molar-refractivity contribution is 5.82.